The molecule has 0 radical (unpaired) electrons. The Labute approximate surface area is 88.8 Å². The Morgan fingerprint density at radius 1 is 1.08 bits per heavy atom. The van der Waals surface area contributed by atoms with E-state index in [0.29, 0.717) is 0 Å². The van der Waals surface area contributed by atoms with Gasteiger partial charge in [0.2, 0.25) is 0 Å². The summed E-state index contributed by atoms with van der Waals surface area (Å²) in [6.45, 7) is 15.8. The highest BCUT2D eigenvalue weighted by molar-refractivity contribution is 6.66. The highest BCUT2D eigenvalue weighted by Gasteiger charge is 2.21. The summed E-state index contributed by atoms with van der Waals surface area (Å²) >= 11 is -0.638. The van der Waals surface area contributed by atoms with E-state index in [4.69, 9.17) is 0 Å². The molecule has 0 amide bonds. The predicted molar refractivity (Wildman–Crippen MR) is 64.5 cm³/mol. The number of hydrogen-bond donors (Lipinski definition) is 0. The molecule has 0 atom stereocenters. The molecule has 0 N–H and O–H groups in total. The minimum atomic E-state index is -0.638. The quantitative estimate of drug-likeness (QED) is 0.556. The molecule has 0 aliphatic rings. The van der Waals surface area contributed by atoms with Crippen LogP contribution in [0.25, 0.3) is 0 Å². The molecule has 0 aromatic heterocycles. The van der Waals surface area contributed by atoms with Gasteiger partial charge in [0, 0.05) is 0 Å². The summed E-state index contributed by atoms with van der Waals surface area (Å²) in [5.41, 5.74) is 0. The van der Waals surface area contributed by atoms with E-state index in [9.17, 15) is 0 Å². The van der Waals surface area contributed by atoms with Gasteiger partial charge >= 0.3 is 0 Å². The summed E-state index contributed by atoms with van der Waals surface area (Å²) in [4.78, 5) is 0. The van der Waals surface area contributed by atoms with E-state index in [0.717, 1.165) is 11.8 Å². The molecular weight excluding hydrogens is 171 g/mol. The zero-order valence-corrected chi connectivity index (χ0v) is 11.2. The molecule has 0 saturated carbocycles. The third-order valence-corrected chi connectivity index (χ3v) is 7.13. The van der Waals surface area contributed by atoms with Gasteiger partial charge in [-0.1, -0.05) is 57.0 Å². The summed E-state index contributed by atoms with van der Waals surface area (Å²) in [6.07, 6.45) is 1.20. The van der Waals surface area contributed by atoms with Crippen LogP contribution in [0.3, 0.4) is 0 Å². The normalized spacial score (nSPS) is 11.0. The molecule has 76 valence electrons. The van der Waals surface area contributed by atoms with Crippen LogP contribution in [0.1, 0.15) is 41.0 Å². The smallest absolute Gasteiger partial charge is 0.138 e. The fraction of sp³-hybridized carbons (Fsp3) is 0.833. The van der Waals surface area contributed by atoms with Crippen molar-refractivity contribution in [3.05, 3.63) is 11.0 Å². The predicted octanol–water partition coefficient (Wildman–Crippen LogP) is 4.30. The third-order valence-electron chi connectivity index (χ3n) is 2.54. The third kappa shape index (κ3) is 6.36. The van der Waals surface area contributed by atoms with Crippen molar-refractivity contribution in [1.29, 1.82) is 0 Å². The van der Waals surface area contributed by atoms with Crippen LogP contribution < -0.4 is 0 Å². The van der Waals surface area contributed by atoms with Crippen molar-refractivity contribution < 1.29 is 0 Å². The van der Waals surface area contributed by atoms with Crippen LogP contribution in [0, 0.1) is 11.8 Å². The van der Waals surface area contributed by atoms with Gasteiger partial charge in [0.15, 0.2) is 0 Å². The van der Waals surface area contributed by atoms with Crippen molar-refractivity contribution in [1.82, 2.24) is 0 Å². The van der Waals surface area contributed by atoms with E-state index < -0.39 is 14.1 Å². The van der Waals surface area contributed by atoms with Gasteiger partial charge in [-0.2, -0.15) is 0 Å². The fourth-order valence-corrected chi connectivity index (χ4v) is 5.57. The maximum Gasteiger partial charge on any atom is 0.298 e. The molecule has 0 aromatic carbocycles. The largest absolute Gasteiger partial charge is 0.298 e. The van der Waals surface area contributed by atoms with E-state index in [2.05, 4.69) is 41.2 Å². The van der Waals surface area contributed by atoms with Crippen molar-refractivity contribution in [3.63, 3.8) is 0 Å². The Kier molecular flexibility index (Phi) is 6.83. The number of allylic oxidation sites excluding steroid dienone is 1. The van der Waals surface area contributed by atoms with Gasteiger partial charge in [-0.05, 0) is 6.42 Å². The van der Waals surface area contributed by atoms with Crippen LogP contribution in [0.5, 0.6) is 0 Å². The van der Waals surface area contributed by atoms with E-state index >= 15 is 0 Å². The van der Waals surface area contributed by atoms with Gasteiger partial charge in [0.1, 0.15) is 0 Å². The molecule has 1 heteroatoms. The molecule has 0 nitrogen and oxygen atoms in total. The molecule has 13 heavy (non-hydrogen) atoms. The Morgan fingerprint density at radius 3 is 1.69 bits per heavy atom. The molecular formula is C12H25Al. The van der Waals surface area contributed by atoms with Gasteiger partial charge in [-0.3, -0.25) is 0 Å². The first-order valence-corrected chi connectivity index (χ1v) is 7.86. The lowest BCUT2D eigenvalue weighted by atomic mass is 10.3. The highest BCUT2D eigenvalue weighted by atomic mass is 27.2. The van der Waals surface area contributed by atoms with Crippen LogP contribution in [0.2, 0.25) is 10.6 Å². The molecule has 0 fully saturated rings. The second-order valence-electron chi connectivity index (χ2n) is 4.97. The molecule has 0 aromatic rings. The van der Waals surface area contributed by atoms with Gasteiger partial charge in [0.25, 0.3) is 14.1 Å². The Balaban J connectivity index is 4.10. The van der Waals surface area contributed by atoms with Crippen LogP contribution in [-0.4, -0.2) is 14.1 Å². The van der Waals surface area contributed by atoms with Crippen LogP contribution in [-0.2, 0) is 0 Å². The zero-order valence-electron chi connectivity index (χ0n) is 10.1. The van der Waals surface area contributed by atoms with Crippen molar-refractivity contribution in [2.45, 2.75) is 51.6 Å². The molecule has 0 spiro atoms. The second-order valence-corrected chi connectivity index (χ2v) is 8.12. The SMILES string of the molecule is C=[C](CC)[Al]([CH2]C(C)C)[CH2]C(C)C. The molecule has 0 aliphatic carbocycles. The topological polar surface area (TPSA) is 0 Å². The standard InChI is InChI=1S/2C4H9.C4H7.Al/c2*1-4(2)3;1-3-4-2;/h2*4H,1H2,2-3H3;1,4H2,2H3;. The minimum Gasteiger partial charge on any atom is -0.138 e. The first-order valence-electron chi connectivity index (χ1n) is 5.65. The summed E-state index contributed by atoms with van der Waals surface area (Å²) in [5, 5.41) is 2.90. The molecule has 0 rings (SSSR count). The first-order chi connectivity index (χ1) is 5.97. The highest BCUT2D eigenvalue weighted by Crippen LogP contribution is 2.21. The van der Waals surface area contributed by atoms with Crippen molar-refractivity contribution in [2.75, 3.05) is 0 Å². The lowest BCUT2D eigenvalue weighted by molar-refractivity contribution is 0.691. The van der Waals surface area contributed by atoms with Crippen molar-refractivity contribution in [3.8, 4) is 0 Å². The Hall–Kier alpha value is 0.272. The monoisotopic (exact) mass is 196 g/mol. The Bertz CT molecular complexity index is 137. The van der Waals surface area contributed by atoms with Crippen LogP contribution in [0.15, 0.2) is 11.0 Å². The zero-order chi connectivity index (χ0) is 10.4. The maximum absolute atomic E-state index is 4.24. The second kappa shape index (κ2) is 6.69. The van der Waals surface area contributed by atoms with Gasteiger partial charge < -0.3 is 0 Å². The molecule has 0 saturated heterocycles. The van der Waals surface area contributed by atoms with E-state index in [1.165, 1.54) is 17.0 Å². The van der Waals surface area contributed by atoms with E-state index in [1.54, 1.807) is 4.44 Å². The van der Waals surface area contributed by atoms with Crippen molar-refractivity contribution >= 4 is 14.1 Å². The molecule has 0 unspecified atom stereocenters. The minimum absolute atomic E-state index is 0.638. The summed E-state index contributed by atoms with van der Waals surface area (Å²) in [5.74, 6) is 1.72. The summed E-state index contributed by atoms with van der Waals surface area (Å²) in [7, 11) is 0. The van der Waals surface area contributed by atoms with E-state index in [1.807, 2.05) is 0 Å². The summed E-state index contributed by atoms with van der Waals surface area (Å²) in [6, 6.07) is 0. The average Bonchev–Trinajstić information content (AvgIpc) is 2.00. The molecule has 0 aliphatic heterocycles. The van der Waals surface area contributed by atoms with Gasteiger partial charge in [-0.25, -0.2) is 0 Å². The maximum atomic E-state index is 4.24. The van der Waals surface area contributed by atoms with Crippen LogP contribution >= 0.6 is 0 Å². The van der Waals surface area contributed by atoms with Crippen molar-refractivity contribution in [2.24, 2.45) is 11.8 Å². The average molecular weight is 196 g/mol. The van der Waals surface area contributed by atoms with Crippen LogP contribution in [0.4, 0.5) is 0 Å². The Morgan fingerprint density at radius 2 is 1.46 bits per heavy atom. The molecule has 0 bridgehead atoms. The van der Waals surface area contributed by atoms with Gasteiger partial charge in [-0.15, -0.1) is 11.0 Å². The fourth-order valence-electron chi connectivity index (χ4n) is 1.86. The molecule has 0 heterocycles. The number of rotatable bonds is 6. The van der Waals surface area contributed by atoms with E-state index in [-0.39, 0.29) is 0 Å². The summed E-state index contributed by atoms with van der Waals surface area (Å²) < 4.78 is 1.59. The lowest BCUT2D eigenvalue weighted by Crippen LogP contribution is -2.20. The first kappa shape index (κ1) is 13.3. The van der Waals surface area contributed by atoms with Gasteiger partial charge in [0.05, 0.1) is 0 Å². The lowest BCUT2D eigenvalue weighted by Gasteiger charge is -2.17. The number of hydrogen-bond acceptors (Lipinski definition) is 0.